The first-order valence-electron chi connectivity index (χ1n) is 9.30. The molecule has 4 rings (SSSR count). The van der Waals surface area contributed by atoms with Gasteiger partial charge in [-0.15, -0.1) is 0 Å². The highest BCUT2D eigenvalue weighted by atomic mass is 19.1. The molecule has 0 aliphatic heterocycles. The van der Waals surface area contributed by atoms with E-state index in [0.29, 0.717) is 29.6 Å². The lowest BCUT2D eigenvalue weighted by molar-refractivity contribution is 0.412. The van der Waals surface area contributed by atoms with Gasteiger partial charge in [0.15, 0.2) is 11.6 Å². The first-order valence-corrected chi connectivity index (χ1v) is 9.30. The van der Waals surface area contributed by atoms with Crippen LogP contribution in [0.15, 0.2) is 54.7 Å². The van der Waals surface area contributed by atoms with E-state index in [4.69, 9.17) is 10.5 Å². The summed E-state index contributed by atoms with van der Waals surface area (Å²) in [5, 5.41) is 4.19. The SMILES string of the molecule is COc1cnc(-n2c(C)cc3c(CN)cc(F)cc32)nc1NCc1ccccc1. The van der Waals surface area contributed by atoms with Crippen molar-refractivity contribution in [3.63, 3.8) is 0 Å². The summed E-state index contributed by atoms with van der Waals surface area (Å²) >= 11 is 0. The summed E-state index contributed by atoms with van der Waals surface area (Å²) in [6.07, 6.45) is 1.62. The Hall–Kier alpha value is -3.45. The summed E-state index contributed by atoms with van der Waals surface area (Å²) in [5.74, 6) is 1.20. The number of hydrogen-bond acceptors (Lipinski definition) is 5. The zero-order valence-corrected chi connectivity index (χ0v) is 16.3. The Balaban J connectivity index is 1.78. The van der Waals surface area contributed by atoms with Gasteiger partial charge in [-0.1, -0.05) is 30.3 Å². The fraction of sp³-hybridized carbons (Fsp3) is 0.182. The van der Waals surface area contributed by atoms with Crippen molar-refractivity contribution < 1.29 is 9.13 Å². The molecule has 2 heterocycles. The van der Waals surface area contributed by atoms with Crippen LogP contribution in [0.25, 0.3) is 16.9 Å². The fourth-order valence-corrected chi connectivity index (χ4v) is 3.44. The predicted octanol–water partition coefficient (Wildman–Crippen LogP) is 3.95. The third kappa shape index (κ3) is 3.64. The minimum Gasteiger partial charge on any atom is -0.491 e. The van der Waals surface area contributed by atoms with Crippen LogP contribution in [0.2, 0.25) is 0 Å². The predicted molar refractivity (Wildman–Crippen MR) is 112 cm³/mol. The summed E-state index contributed by atoms with van der Waals surface area (Å²) in [6, 6.07) is 14.9. The van der Waals surface area contributed by atoms with Gasteiger partial charge in [0.1, 0.15) is 5.82 Å². The number of nitrogens with zero attached hydrogens (tertiary/aromatic N) is 3. The third-order valence-corrected chi connectivity index (χ3v) is 4.84. The molecular weight excluding hydrogens is 369 g/mol. The zero-order valence-electron chi connectivity index (χ0n) is 16.3. The second kappa shape index (κ2) is 7.89. The van der Waals surface area contributed by atoms with E-state index in [1.54, 1.807) is 13.3 Å². The third-order valence-electron chi connectivity index (χ3n) is 4.84. The molecule has 0 unspecified atom stereocenters. The summed E-state index contributed by atoms with van der Waals surface area (Å²) in [4.78, 5) is 9.10. The average Bonchev–Trinajstić information content (AvgIpc) is 3.07. The molecule has 0 bridgehead atoms. The van der Waals surface area contributed by atoms with Crippen LogP contribution >= 0.6 is 0 Å². The van der Waals surface area contributed by atoms with Gasteiger partial charge >= 0.3 is 0 Å². The van der Waals surface area contributed by atoms with E-state index in [1.165, 1.54) is 12.1 Å². The Kier molecular flexibility index (Phi) is 5.14. The lowest BCUT2D eigenvalue weighted by Gasteiger charge is -2.13. The number of benzene rings is 2. The normalized spacial score (nSPS) is 11.0. The van der Waals surface area contributed by atoms with Crippen LogP contribution < -0.4 is 15.8 Å². The highest BCUT2D eigenvalue weighted by molar-refractivity contribution is 5.86. The molecule has 0 atom stereocenters. The Morgan fingerprint density at radius 3 is 2.69 bits per heavy atom. The van der Waals surface area contributed by atoms with E-state index in [0.717, 1.165) is 22.2 Å². The van der Waals surface area contributed by atoms with Crippen LogP contribution in [-0.2, 0) is 13.1 Å². The smallest absolute Gasteiger partial charge is 0.236 e. The largest absolute Gasteiger partial charge is 0.491 e. The quantitative estimate of drug-likeness (QED) is 0.520. The zero-order chi connectivity index (χ0) is 20.4. The lowest BCUT2D eigenvalue weighted by Crippen LogP contribution is -2.09. The van der Waals surface area contributed by atoms with Crippen molar-refractivity contribution in [3.05, 3.63) is 77.4 Å². The number of aromatic nitrogens is 3. The van der Waals surface area contributed by atoms with Crippen LogP contribution in [0.1, 0.15) is 16.8 Å². The molecule has 4 aromatic rings. The van der Waals surface area contributed by atoms with Gasteiger partial charge in [-0.05, 0) is 36.2 Å². The number of ether oxygens (including phenoxy) is 1. The second-order valence-corrected chi connectivity index (χ2v) is 6.75. The summed E-state index contributed by atoms with van der Waals surface area (Å²) in [5.41, 5.74) is 9.24. The maximum absolute atomic E-state index is 14.2. The number of aryl methyl sites for hydroxylation is 1. The van der Waals surface area contributed by atoms with Gasteiger partial charge in [0.2, 0.25) is 5.95 Å². The first-order chi connectivity index (χ1) is 14.1. The molecule has 0 aliphatic carbocycles. The van der Waals surface area contributed by atoms with Crippen molar-refractivity contribution in [2.45, 2.75) is 20.0 Å². The topological polar surface area (TPSA) is 78.0 Å². The number of hydrogen-bond donors (Lipinski definition) is 2. The van der Waals surface area contributed by atoms with Crippen LogP contribution in [-0.4, -0.2) is 21.6 Å². The Morgan fingerprint density at radius 1 is 1.17 bits per heavy atom. The maximum atomic E-state index is 14.2. The summed E-state index contributed by atoms with van der Waals surface area (Å²) in [6.45, 7) is 2.78. The van der Waals surface area contributed by atoms with E-state index in [-0.39, 0.29) is 12.4 Å². The number of halogens is 1. The second-order valence-electron chi connectivity index (χ2n) is 6.75. The van der Waals surface area contributed by atoms with E-state index in [1.807, 2.05) is 47.9 Å². The van der Waals surface area contributed by atoms with E-state index in [9.17, 15) is 4.39 Å². The molecule has 0 aliphatic rings. The van der Waals surface area contributed by atoms with Crippen molar-refractivity contribution in [1.82, 2.24) is 14.5 Å². The van der Waals surface area contributed by atoms with Crippen molar-refractivity contribution in [3.8, 4) is 11.7 Å². The van der Waals surface area contributed by atoms with Gasteiger partial charge in [0.25, 0.3) is 0 Å². The van der Waals surface area contributed by atoms with Crippen molar-refractivity contribution in [1.29, 1.82) is 0 Å². The molecule has 2 aromatic carbocycles. The lowest BCUT2D eigenvalue weighted by atomic mass is 10.1. The number of fused-ring (bicyclic) bond motifs is 1. The molecular formula is C22H22FN5O. The molecule has 0 saturated carbocycles. The average molecular weight is 391 g/mol. The number of rotatable bonds is 6. The Morgan fingerprint density at radius 2 is 1.97 bits per heavy atom. The van der Waals surface area contributed by atoms with Gasteiger partial charge in [-0.2, -0.15) is 4.98 Å². The molecule has 0 spiro atoms. The van der Waals surface area contributed by atoms with E-state index < -0.39 is 0 Å². The van der Waals surface area contributed by atoms with E-state index >= 15 is 0 Å². The summed E-state index contributed by atoms with van der Waals surface area (Å²) in [7, 11) is 1.57. The Labute approximate surface area is 168 Å². The standard InChI is InChI=1S/C22H22FN5O/c1-14-8-18-16(11-24)9-17(23)10-19(18)28(14)22-26-13-20(29-2)21(27-22)25-12-15-6-4-3-5-7-15/h3-10,13H,11-12,24H2,1-2H3,(H,25,26,27). The molecule has 0 fully saturated rings. The van der Waals surface area contributed by atoms with Crippen molar-refractivity contribution in [2.24, 2.45) is 5.73 Å². The van der Waals surface area contributed by atoms with Gasteiger partial charge in [-0.25, -0.2) is 9.37 Å². The molecule has 0 amide bonds. The molecule has 2 aromatic heterocycles. The number of nitrogens with two attached hydrogens (primary N) is 1. The monoisotopic (exact) mass is 391 g/mol. The van der Waals surface area contributed by atoms with Crippen molar-refractivity contribution in [2.75, 3.05) is 12.4 Å². The molecule has 0 radical (unpaired) electrons. The molecule has 29 heavy (non-hydrogen) atoms. The van der Waals surface area contributed by atoms with Gasteiger partial charge < -0.3 is 15.8 Å². The van der Waals surface area contributed by atoms with Gasteiger partial charge in [0, 0.05) is 24.2 Å². The molecule has 3 N–H and O–H groups in total. The molecule has 0 saturated heterocycles. The highest BCUT2D eigenvalue weighted by Gasteiger charge is 2.16. The number of anilines is 1. The van der Waals surface area contributed by atoms with Crippen LogP contribution in [0.3, 0.4) is 0 Å². The van der Waals surface area contributed by atoms with Crippen molar-refractivity contribution >= 4 is 16.7 Å². The maximum Gasteiger partial charge on any atom is 0.236 e. The molecule has 6 nitrogen and oxygen atoms in total. The highest BCUT2D eigenvalue weighted by Crippen LogP contribution is 2.29. The molecule has 7 heteroatoms. The van der Waals surface area contributed by atoms with E-state index in [2.05, 4.69) is 15.3 Å². The van der Waals surface area contributed by atoms with Gasteiger partial charge in [0.05, 0.1) is 18.8 Å². The number of methoxy groups -OCH3 is 1. The Bertz CT molecular complexity index is 1160. The summed E-state index contributed by atoms with van der Waals surface area (Å²) < 4.78 is 21.4. The minimum absolute atomic E-state index is 0.255. The van der Waals surface area contributed by atoms with Crippen LogP contribution in [0.5, 0.6) is 5.75 Å². The molecule has 148 valence electrons. The van der Waals surface area contributed by atoms with Crippen LogP contribution in [0.4, 0.5) is 10.2 Å². The minimum atomic E-state index is -0.340. The van der Waals surface area contributed by atoms with Gasteiger partial charge in [-0.3, -0.25) is 4.57 Å². The fourth-order valence-electron chi connectivity index (χ4n) is 3.44. The first kappa shape index (κ1) is 18.9. The van der Waals surface area contributed by atoms with Crippen LogP contribution in [0, 0.1) is 12.7 Å². The number of nitrogens with one attached hydrogen (secondary N) is 1.